The predicted octanol–water partition coefficient (Wildman–Crippen LogP) is 1.31. The molecule has 0 atom stereocenters. The van der Waals surface area contributed by atoms with Gasteiger partial charge in [-0.15, -0.1) is 0 Å². The molecule has 1 rings (SSSR count). The van der Waals surface area contributed by atoms with E-state index in [-0.39, 0.29) is 6.15 Å². The lowest BCUT2D eigenvalue weighted by Gasteiger charge is -1.99. The van der Waals surface area contributed by atoms with Gasteiger partial charge in [-0.05, 0) is 12.1 Å². The van der Waals surface area contributed by atoms with Crippen LogP contribution in [0.25, 0.3) is 0 Å². The Bertz CT molecular complexity index is 54.4. The molecule has 50 valence electrons. The van der Waals surface area contributed by atoms with Gasteiger partial charge in [0, 0.05) is 7.11 Å². The molecular formula is C5H15NOSi. The largest absolute Gasteiger partial charge is 0.423 e. The molecule has 1 fully saturated rings. The predicted molar refractivity (Wildman–Crippen MR) is 38.0 cm³/mol. The Balaban J connectivity index is 0.000000490. The van der Waals surface area contributed by atoms with Gasteiger partial charge in [0.15, 0.2) is 9.04 Å². The van der Waals surface area contributed by atoms with Gasteiger partial charge in [-0.25, -0.2) is 0 Å². The van der Waals surface area contributed by atoms with Gasteiger partial charge in [-0.3, -0.25) is 0 Å². The van der Waals surface area contributed by atoms with Crippen molar-refractivity contribution in [2.24, 2.45) is 0 Å². The van der Waals surface area contributed by atoms with Crippen molar-refractivity contribution in [3.8, 4) is 0 Å². The van der Waals surface area contributed by atoms with Crippen LogP contribution in [0, 0.1) is 0 Å². The van der Waals surface area contributed by atoms with Crippen molar-refractivity contribution < 1.29 is 4.43 Å². The highest BCUT2D eigenvalue weighted by atomic mass is 28.3. The number of hydrogen-bond donors (Lipinski definition) is 1. The van der Waals surface area contributed by atoms with Crippen LogP contribution < -0.4 is 6.15 Å². The highest BCUT2D eigenvalue weighted by Gasteiger charge is 2.15. The fraction of sp³-hybridized carbons (Fsp3) is 1.00. The molecule has 2 nitrogen and oxygen atoms in total. The lowest BCUT2D eigenvalue weighted by Crippen LogP contribution is -2.07. The maximum absolute atomic E-state index is 5.25. The Labute approximate surface area is 52.5 Å². The van der Waals surface area contributed by atoms with Crippen molar-refractivity contribution in [3.05, 3.63) is 0 Å². The topological polar surface area (TPSA) is 44.2 Å². The summed E-state index contributed by atoms with van der Waals surface area (Å²) in [4.78, 5) is 0. The van der Waals surface area contributed by atoms with Crippen LogP contribution in [-0.2, 0) is 4.43 Å². The molecule has 0 spiro atoms. The van der Waals surface area contributed by atoms with E-state index in [0.29, 0.717) is 0 Å². The summed E-state index contributed by atoms with van der Waals surface area (Å²) < 4.78 is 5.25. The maximum Gasteiger partial charge on any atom is 0.176 e. The first kappa shape index (κ1) is 8.14. The second-order valence-corrected chi connectivity index (χ2v) is 5.01. The average Bonchev–Trinajstić information content (AvgIpc) is 2.14. The third kappa shape index (κ3) is 1.94. The second-order valence-electron chi connectivity index (χ2n) is 2.14. The minimum Gasteiger partial charge on any atom is -0.423 e. The van der Waals surface area contributed by atoms with Gasteiger partial charge in [-0.1, -0.05) is 12.8 Å². The van der Waals surface area contributed by atoms with Crippen molar-refractivity contribution in [2.45, 2.75) is 24.9 Å². The summed E-state index contributed by atoms with van der Waals surface area (Å²) in [6.07, 6.45) is 2.87. The molecule has 1 aliphatic rings. The van der Waals surface area contributed by atoms with Gasteiger partial charge in [0.25, 0.3) is 0 Å². The lowest BCUT2D eigenvalue weighted by atomic mass is 10.4. The van der Waals surface area contributed by atoms with E-state index in [1.54, 1.807) is 0 Å². The van der Waals surface area contributed by atoms with Gasteiger partial charge in [0.2, 0.25) is 0 Å². The molecule has 0 bridgehead atoms. The van der Waals surface area contributed by atoms with Crippen molar-refractivity contribution in [3.63, 3.8) is 0 Å². The first-order valence-corrected chi connectivity index (χ1v) is 5.06. The van der Waals surface area contributed by atoms with Crippen LogP contribution in [0.15, 0.2) is 0 Å². The highest BCUT2D eigenvalue weighted by molar-refractivity contribution is 6.52. The van der Waals surface area contributed by atoms with E-state index in [1.807, 2.05) is 7.11 Å². The fourth-order valence-electron chi connectivity index (χ4n) is 1.12. The number of hydrogen-bond acceptors (Lipinski definition) is 2. The zero-order valence-corrected chi connectivity index (χ0v) is 6.68. The zero-order valence-electron chi connectivity index (χ0n) is 5.52. The summed E-state index contributed by atoms with van der Waals surface area (Å²) in [6.45, 7) is 0. The van der Waals surface area contributed by atoms with Crippen LogP contribution in [0.3, 0.4) is 0 Å². The van der Waals surface area contributed by atoms with Gasteiger partial charge < -0.3 is 10.6 Å². The van der Waals surface area contributed by atoms with Crippen LogP contribution >= 0.6 is 0 Å². The third-order valence-electron chi connectivity index (χ3n) is 1.64. The molecule has 1 saturated heterocycles. The van der Waals surface area contributed by atoms with Crippen LogP contribution in [0.5, 0.6) is 0 Å². The van der Waals surface area contributed by atoms with E-state index in [1.165, 1.54) is 24.9 Å². The molecule has 0 aromatic heterocycles. The summed E-state index contributed by atoms with van der Waals surface area (Å²) in [7, 11) is 1.30. The monoisotopic (exact) mass is 133 g/mol. The standard InChI is InChI=1S/C5H12OSi.H3N/c1-6-7-4-2-3-5-7;/h7H,2-5H2,1H3;1H3. The summed E-state index contributed by atoms with van der Waals surface area (Å²) in [5.74, 6) is 0. The van der Waals surface area contributed by atoms with Gasteiger partial charge >= 0.3 is 0 Å². The molecule has 8 heavy (non-hydrogen) atoms. The minimum atomic E-state index is -0.560. The van der Waals surface area contributed by atoms with Gasteiger partial charge in [0.1, 0.15) is 0 Å². The van der Waals surface area contributed by atoms with Crippen LogP contribution in [0.4, 0.5) is 0 Å². The molecule has 0 amide bonds. The summed E-state index contributed by atoms with van der Waals surface area (Å²) in [5.41, 5.74) is 0. The molecule has 0 radical (unpaired) electrons. The van der Waals surface area contributed by atoms with E-state index >= 15 is 0 Å². The van der Waals surface area contributed by atoms with Crippen molar-refractivity contribution in [2.75, 3.05) is 7.11 Å². The SMILES string of the molecule is CO[SiH]1CCCC1.N. The molecule has 1 heterocycles. The fourth-order valence-corrected chi connectivity index (χ4v) is 3.37. The normalized spacial score (nSPS) is 20.6. The maximum atomic E-state index is 5.25. The van der Waals surface area contributed by atoms with Crippen molar-refractivity contribution in [1.29, 1.82) is 0 Å². The Morgan fingerprint density at radius 2 is 1.75 bits per heavy atom. The summed E-state index contributed by atoms with van der Waals surface area (Å²) in [6, 6.07) is 2.85. The van der Waals surface area contributed by atoms with E-state index in [0.717, 1.165) is 0 Å². The summed E-state index contributed by atoms with van der Waals surface area (Å²) >= 11 is 0. The Kier molecular flexibility index (Phi) is 4.13. The Morgan fingerprint density at radius 3 is 2.00 bits per heavy atom. The first-order chi connectivity index (χ1) is 3.43. The quantitative estimate of drug-likeness (QED) is 0.548. The summed E-state index contributed by atoms with van der Waals surface area (Å²) in [5, 5.41) is 0. The van der Waals surface area contributed by atoms with Crippen molar-refractivity contribution >= 4 is 9.04 Å². The minimum absolute atomic E-state index is 0. The van der Waals surface area contributed by atoms with Crippen LogP contribution in [-0.4, -0.2) is 16.2 Å². The average molecular weight is 133 g/mol. The van der Waals surface area contributed by atoms with Crippen molar-refractivity contribution in [1.82, 2.24) is 6.15 Å². The smallest absolute Gasteiger partial charge is 0.176 e. The lowest BCUT2D eigenvalue weighted by molar-refractivity contribution is 0.424. The molecule has 3 heteroatoms. The molecule has 0 aromatic rings. The molecule has 0 saturated carbocycles. The van der Waals surface area contributed by atoms with E-state index in [4.69, 9.17) is 4.43 Å². The van der Waals surface area contributed by atoms with Gasteiger partial charge in [-0.2, -0.15) is 0 Å². The molecule has 0 unspecified atom stereocenters. The van der Waals surface area contributed by atoms with E-state index in [2.05, 4.69) is 0 Å². The number of rotatable bonds is 1. The molecule has 0 aliphatic carbocycles. The van der Waals surface area contributed by atoms with Crippen LogP contribution in [0.1, 0.15) is 12.8 Å². The van der Waals surface area contributed by atoms with E-state index < -0.39 is 9.04 Å². The highest BCUT2D eigenvalue weighted by Crippen LogP contribution is 2.18. The molecule has 3 N–H and O–H groups in total. The van der Waals surface area contributed by atoms with E-state index in [9.17, 15) is 0 Å². The Hall–Kier alpha value is 0.137. The molecular weight excluding hydrogens is 118 g/mol. The third-order valence-corrected chi connectivity index (χ3v) is 4.41. The molecule has 0 aromatic carbocycles. The Morgan fingerprint density at radius 1 is 1.25 bits per heavy atom. The zero-order chi connectivity index (χ0) is 5.11. The second kappa shape index (κ2) is 4.06. The first-order valence-electron chi connectivity index (χ1n) is 2.96. The van der Waals surface area contributed by atoms with Gasteiger partial charge in [0.05, 0.1) is 0 Å². The van der Waals surface area contributed by atoms with Crippen LogP contribution in [0.2, 0.25) is 12.1 Å². The molecule has 1 aliphatic heterocycles.